The molecule has 0 aliphatic carbocycles. The van der Waals surface area contributed by atoms with E-state index in [0.29, 0.717) is 11.3 Å². The highest BCUT2D eigenvalue weighted by molar-refractivity contribution is 5.99. The average molecular weight is 279 g/mol. The van der Waals surface area contributed by atoms with E-state index in [2.05, 4.69) is 18.8 Å². The van der Waals surface area contributed by atoms with Gasteiger partial charge < -0.3 is 5.32 Å². The molecular weight excluding hydrogens is 258 g/mol. The number of benzene rings is 2. The van der Waals surface area contributed by atoms with Crippen molar-refractivity contribution in [1.29, 1.82) is 0 Å². The third-order valence-corrected chi connectivity index (χ3v) is 3.42. The predicted molar refractivity (Wildman–Crippen MR) is 88.0 cm³/mol. The maximum atomic E-state index is 12.2. The number of carbonyl (C=O) groups excluding carboxylic acids is 1. The van der Waals surface area contributed by atoms with E-state index in [1.54, 1.807) is 0 Å². The summed E-state index contributed by atoms with van der Waals surface area (Å²) in [7, 11) is 0. The van der Waals surface area contributed by atoms with Gasteiger partial charge in [-0.15, -0.1) is 0 Å². The zero-order valence-electron chi connectivity index (χ0n) is 12.4. The van der Waals surface area contributed by atoms with Crippen LogP contribution < -0.4 is 5.32 Å². The zero-order valence-corrected chi connectivity index (χ0v) is 12.4. The van der Waals surface area contributed by atoms with Gasteiger partial charge in [0.25, 0.3) is 5.91 Å². The molecule has 0 saturated carbocycles. The van der Waals surface area contributed by atoms with Crippen LogP contribution >= 0.6 is 0 Å². The summed E-state index contributed by atoms with van der Waals surface area (Å²) in [5.41, 5.74) is 3.48. The third-order valence-electron chi connectivity index (χ3n) is 3.42. The predicted octanol–water partition coefficient (Wildman–Crippen LogP) is 4.43. The molecule has 0 aliphatic heterocycles. The Labute approximate surface area is 126 Å². The van der Waals surface area contributed by atoms with Crippen LogP contribution in [0, 0.1) is 0 Å². The topological polar surface area (TPSA) is 29.1 Å². The lowest BCUT2D eigenvalue weighted by atomic mass is 10.1. The van der Waals surface area contributed by atoms with Gasteiger partial charge in [-0.25, -0.2) is 0 Å². The first kappa shape index (κ1) is 15.0. The van der Waals surface area contributed by atoms with Gasteiger partial charge in [-0.1, -0.05) is 62.4 Å². The third kappa shape index (κ3) is 4.32. The molecule has 2 aromatic carbocycles. The summed E-state index contributed by atoms with van der Waals surface area (Å²) in [6.45, 7) is 6.09. The molecule has 0 aliphatic rings. The van der Waals surface area contributed by atoms with Gasteiger partial charge in [-0.2, -0.15) is 0 Å². The van der Waals surface area contributed by atoms with Gasteiger partial charge in [0.1, 0.15) is 0 Å². The Morgan fingerprint density at radius 1 is 1.00 bits per heavy atom. The van der Waals surface area contributed by atoms with Crippen molar-refractivity contribution in [3.63, 3.8) is 0 Å². The minimum Gasteiger partial charge on any atom is -0.322 e. The summed E-state index contributed by atoms with van der Waals surface area (Å²) >= 11 is 0. The van der Waals surface area contributed by atoms with E-state index in [4.69, 9.17) is 0 Å². The number of carbonyl (C=O) groups is 1. The van der Waals surface area contributed by atoms with E-state index in [9.17, 15) is 4.79 Å². The van der Waals surface area contributed by atoms with E-state index in [-0.39, 0.29) is 5.91 Å². The first-order valence-electron chi connectivity index (χ1n) is 7.35. The molecule has 0 radical (unpaired) electrons. The molecule has 2 rings (SSSR count). The van der Waals surface area contributed by atoms with Crippen molar-refractivity contribution in [3.8, 4) is 0 Å². The van der Waals surface area contributed by atoms with Crippen LogP contribution in [0.5, 0.6) is 0 Å². The number of unbranched alkanes of at least 4 members (excludes halogenated alkanes) is 1. The van der Waals surface area contributed by atoms with Crippen LogP contribution in [-0.2, 0) is 6.42 Å². The van der Waals surface area contributed by atoms with E-state index in [0.717, 1.165) is 12.0 Å². The zero-order chi connectivity index (χ0) is 15.1. The maximum Gasteiger partial charge on any atom is 0.255 e. The SMILES string of the molecule is C=C(NC(=O)c1ccc(CCCC)cc1)c1ccccc1. The largest absolute Gasteiger partial charge is 0.322 e. The minimum absolute atomic E-state index is 0.120. The lowest BCUT2D eigenvalue weighted by molar-refractivity contribution is 0.0974. The number of aryl methyl sites for hydroxylation is 1. The molecule has 21 heavy (non-hydrogen) atoms. The fourth-order valence-corrected chi connectivity index (χ4v) is 2.12. The molecule has 1 N–H and O–H groups in total. The van der Waals surface area contributed by atoms with Crippen molar-refractivity contribution in [2.24, 2.45) is 0 Å². The summed E-state index contributed by atoms with van der Waals surface area (Å²) in [6.07, 6.45) is 3.42. The maximum absolute atomic E-state index is 12.2. The van der Waals surface area contributed by atoms with Crippen LogP contribution in [0.3, 0.4) is 0 Å². The van der Waals surface area contributed by atoms with Crippen molar-refractivity contribution in [3.05, 3.63) is 77.9 Å². The molecule has 2 nitrogen and oxygen atoms in total. The fraction of sp³-hybridized carbons (Fsp3) is 0.211. The number of amides is 1. The monoisotopic (exact) mass is 279 g/mol. The molecule has 0 spiro atoms. The lowest BCUT2D eigenvalue weighted by Crippen LogP contribution is -2.21. The molecule has 0 fully saturated rings. The average Bonchev–Trinajstić information content (AvgIpc) is 2.54. The molecule has 0 heterocycles. The second-order valence-corrected chi connectivity index (χ2v) is 5.10. The molecule has 108 valence electrons. The number of rotatable bonds is 6. The summed E-state index contributed by atoms with van der Waals surface area (Å²) in [6, 6.07) is 17.4. The Bertz CT molecular complexity index is 599. The molecule has 0 atom stereocenters. The van der Waals surface area contributed by atoms with Crippen LogP contribution in [0.4, 0.5) is 0 Å². The molecule has 2 heteroatoms. The second-order valence-electron chi connectivity index (χ2n) is 5.10. The van der Waals surface area contributed by atoms with Gasteiger partial charge in [0.05, 0.1) is 0 Å². The van der Waals surface area contributed by atoms with E-state index >= 15 is 0 Å². The lowest BCUT2D eigenvalue weighted by Gasteiger charge is -2.09. The number of nitrogens with one attached hydrogen (secondary N) is 1. The van der Waals surface area contributed by atoms with Crippen molar-refractivity contribution in [2.75, 3.05) is 0 Å². The fourth-order valence-electron chi connectivity index (χ4n) is 2.12. The van der Waals surface area contributed by atoms with Crippen LogP contribution in [0.2, 0.25) is 0 Å². The molecule has 2 aromatic rings. The molecule has 1 amide bonds. The van der Waals surface area contributed by atoms with Gasteiger partial charge in [-0.05, 0) is 36.1 Å². The van der Waals surface area contributed by atoms with Gasteiger partial charge in [0, 0.05) is 11.3 Å². The number of hydrogen-bond donors (Lipinski definition) is 1. The Morgan fingerprint density at radius 2 is 1.67 bits per heavy atom. The highest BCUT2D eigenvalue weighted by Crippen LogP contribution is 2.11. The summed E-state index contributed by atoms with van der Waals surface area (Å²) in [4.78, 5) is 12.2. The van der Waals surface area contributed by atoms with E-state index < -0.39 is 0 Å². The van der Waals surface area contributed by atoms with Crippen molar-refractivity contribution >= 4 is 11.6 Å². The van der Waals surface area contributed by atoms with Gasteiger partial charge in [0.15, 0.2) is 0 Å². The smallest absolute Gasteiger partial charge is 0.255 e. The first-order valence-corrected chi connectivity index (χ1v) is 7.35. The van der Waals surface area contributed by atoms with Crippen LogP contribution in [0.15, 0.2) is 61.2 Å². The number of hydrogen-bond acceptors (Lipinski definition) is 1. The Hall–Kier alpha value is -2.35. The quantitative estimate of drug-likeness (QED) is 0.832. The normalized spacial score (nSPS) is 10.1. The molecule has 0 unspecified atom stereocenters. The van der Waals surface area contributed by atoms with Gasteiger partial charge in [-0.3, -0.25) is 4.79 Å². The van der Waals surface area contributed by atoms with Crippen molar-refractivity contribution < 1.29 is 4.79 Å². The Morgan fingerprint density at radius 3 is 2.29 bits per heavy atom. The van der Waals surface area contributed by atoms with Gasteiger partial charge in [0.2, 0.25) is 0 Å². The second kappa shape index (κ2) is 7.44. The molecule has 0 saturated heterocycles. The van der Waals surface area contributed by atoms with Crippen LogP contribution in [0.1, 0.15) is 41.3 Å². The van der Waals surface area contributed by atoms with Crippen molar-refractivity contribution in [2.45, 2.75) is 26.2 Å². The van der Waals surface area contributed by atoms with Gasteiger partial charge >= 0.3 is 0 Å². The summed E-state index contributed by atoms with van der Waals surface area (Å²) < 4.78 is 0. The molecule has 0 bridgehead atoms. The van der Waals surface area contributed by atoms with E-state index in [1.165, 1.54) is 18.4 Å². The summed E-state index contributed by atoms with van der Waals surface area (Å²) in [5.74, 6) is -0.120. The Kier molecular flexibility index (Phi) is 5.33. The highest BCUT2D eigenvalue weighted by Gasteiger charge is 2.07. The standard InChI is InChI=1S/C19H21NO/c1-3-4-8-16-11-13-18(14-12-16)19(21)20-15(2)17-9-6-5-7-10-17/h5-7,9-14H,2-4,8H2,1H3,(H,20,21). The van der Waals surface area contributed by atoms with Crippen LogP contribution in [0.25, 0.3) is 5.70 Å². The van der Waals surface area contributed by atoms with Crippen LogP contribution in [-0.4, -0.2) is 5.91 Å². The Balaban J connectivity index is 1.98. The minimum atomic E-state index is -0.120. The molecular formula is C19H21NO. The molecule has 0 aromatic heterocycles. The summed E-state index contributed by atoms with van der Waals surface area (Å²) in [5, 5.41) is 2.84. The van der Waals surface area contributed by atoms with Crippen molar-refractivity contribution in [1.82, 2.24) is 5.32 Å². The highest BCUT2D eigenvalue weighted by atomic mass is 16.1. The first-order chi connectivity index (χ1) is 10.2. The van der Waals surface area contributed by atoms with E-state index in [1.807, 2.05) is 54.6 Å².